The number of nitrogens with one attached hydrogen (secondary N) is 1. The SMILES string of the molecule is COc1cc(NCc2cc(C(N)=O)cs2)ccc1Cl. The highest BCUT2D eigenvalue weighted by atomic mass is 35.5. The van der Waals surface area contributed by atoms with Crippen LogP contribution in [0.15, 0.2) is 29.6 Å². The average molecular weight is 297 g/mol. The fourth-order valence-corrected chi connectivity index (χ4v) is 2.57. The molecule has 0 radical (unpaired) electrons. The molecular weight excluding hydrogens is 284 g/mol. The Morgan fingerprint density at radius 2 is 2.26 bits per heavy atom. The van der Waals surface area contributed by atoms with Crippen LogP contribution in [-0.2, 0) is 6.54 Å². The van der Waals surface area contributed by atoms with E-state index in [0.717, 1.165) is 10.6 Å². The van der Waals surface area contributed by atoms with Crippen LogP contribution in [-0.4, -0.2) is 13.0 Å². The van der Waals surface area contributed by atoms with Crippen molar-refractivity contribution in [2.24, 2.45) is 5.73 Å². The summed E-state index contributed by atoms with van der Waals surface area (Å²) in [7, 11) is 1.57. The van der Waals surface area contributed by atoms with E-state index in [-0.39, 0.29) is 0 Å². The number of rotatable bonds is 5. The number of anilines is 1. The molecule has 0 aliphatic carbocycles. The molecule has 0 unspecified atom stereocenters. The van der Waals surface area contributed by atoms with Gasteiger partial charge >= 0.3 is 0 Å². The first-order chi connectivity index (χ1) is 9.10. The van der Waals surface area contributed by atoms with Crippen molar-refractivity contribution in [3.8, 4) is 5.75 Å². The first-order valence-electron chi connectivity index (χ1n) is 5.55. The second kappa shape index (κ2) is 5.95. The van der Waals surface area contributed by atoms with Crippen LogP contribution < -0.4 is 15.8 Å². The number of carbonyl (C=O) groups is 1. The van der Waals surface area contributed by atoms with Crippen LogP contribution in [0.1, 0.15) is 15.2 Å². The number of thiophene rings is 1. The molecule has 6 heteroatoms. The number of nitrogens with two attached hydrogens (primary N) is 1. The Labute approximate surface area is 120 Å². The normalized spacial score (nSPS) is 10.2. The number of hydrogen-bond acceptors (Lipinski definition) is 4. The van der Waals surface area contributed by atoms with Gasteiger partial charge in [0.05, 0.1) is 17.7 Å². The van der Waals surface area contributed by atoms with Crippen LogP contribution in [0, 0.1) is 0 Å². The molecule has 0 atom stereocenters. The minimum absolute atomic E-state index is 0.407. The molecule has 0 aliphatic heterocycles. The largest absolute Gasteiger partial charge is 0.495 e. The van der Waals surface area contributed by atoms with Gasteiger partial charge in [0.2, 0.25) is 5.91 Å². The van der Waals surface area contributed by atoms with E-state index in [2.05, 4.69) is 5.32 Å². The number of carbonyl (C=O) groups excluding carboxylic acids is 1. The molecule has 100 valence electrons. The standard InChI is InChI=1S/C13H13ClN2O2S/c1-18-12-5-9(2-3-11(12)14)16-6-10-4-8(7-19-10)13(15)17/h2-5,7,16H,6H2,1H3,(H2,15,17). The van der Waals surface area contributed by atoms with Gasteiger partial charge in [-0.3, -0.25) is 4.79 Å². The third kappa shape index (κ3) is 3.39. The maximum atomic E-state index is 11.0. The molecule has 0 fully saturated rings. The molecule has 0 aliphatic rings. The first kappa shape index (κ1) is 13.7. The summed E-state index contributed by atoms with van der Waals surface area (Å²) in [4.78, 5) is 12.0. The van der Waals surface area contributed by atoms with Crippen molar-refractivity contribution in [1.82, 2.24) is 0 Å². The van der Waals surface area contributed by atoms with Gasteiger partial charge in [-0.25, -0.2) is 0 Å². The fraction of sp³-hybridized carbons (Fsp3) is 0.154. The maximum Gasteiger partial charge on any atom is 0.249 e. The van der Waals surface area contributed by atoms with E-state index >= 15 is 0 Å². The van der Waals surface area contributed by atoms with E-state index in [4.69, 9.17) is 22.1 Å². The van der Waals surface area contributed by atoms with Crippen LogP contribution in [0.5, 0.6) is 5.75 Å². The molecule has 4 nitrogen and oxygen atoms in total. The minimum atomic E-state index is -0.407. The van der Waals surface area contributed by atoms with E-state index in [1.807, 2.05) is 12.1 Å². The Hall–Kier alpha value is -1.72. The zero-order valence-electron chi connectivity index (χ0n) is 10.3. The Bertz CT molecular complexity index is 598. The minimum Gasteiger partial charge on any atom is -0.495 e. The van der Waals surface area contributed by atoms with Gasteiger partial charge in [0.1, 0.15) is 5.75 Å². The molecule has 2 aromatic rings. The summed E-state index contributed by atoms with van der Waals surface area (Å²) in [6, 6.07) is 7.25. The Kier molecular flexibility index (Phi) is 4.29. The molecule has 3 N–H and O–H groups in total. The van der Waals surface area contributed by atoms with E-state index in [1.54, 1.807) is 24.6 Å². The van der Waals surface area contributed by atoms with Crippen molar-refractivity contribution in [3.63, 3.8) is 0 Å². The van der Waals surface area contributed by atoms with Gasteiger partial charge in [-0.15, -0.1) is 11.3 Å². The quantitative estimate of drug-likeness (QED) is 0.891. The molecule has 0 spiro atoms. The van der Waals surface area contributed by atoms with Crippen molar-refractivity contribution in [1.29, 1.82) is 0 Å². The highest BCUT2D eigenvalue weighted by Crippen LogP contribution is 2.27. The van der Waals surface area contributed by atoms with Gasteiger partial charge in [0.15, 0.2) is 0 Å². The van der Waals surface area contributed by atoms with Crippen molar-refractivity contribution < 1.29 is 9.53 Å². The van der Waals surface area contributed by atoms with Crippen LogP contribution in [0.2, 0.25) is 5.02 Å². The number of benzene rings is 1. The molecule has 1 heterocycles. The number of methoxy groups -OCH3 is 1. The molecule has 0 saturated carbocycles. The average Bonchev–Trinajstić information content (AvgIpc) is 2.87. The van der Waals surface area contributed by atoms with E-state index < -0.39 is 5.91 Å². The molecule has 0 saturated heterocycles. The third-order valence-corrected chi connectivity index (χ3v) is 3.81. The maximum absolute atomic E-state index is 11.0. The number of ether oxygens (including phenoxy) is 1. The van der Waals surface area contributed by atoms with Gasteiger partial charge < -0.3 is 15.8 Å². The monoisotopic (exact) mass is 296 g/mol. The number of hydrogen-bond donors (Lipinski definition) is 2. The van der Waals surface area contributed by atoms with Crippen LogP contribution in [0.25, 0.3) is 0 Å². The summed E-state index contributed by atoms with van der Waals surface area (Å²) >= 11 is 7.44. The summed E-state index contributed by atoms with van der Waals surface area (Å²) in [6.45, 7) is 0.614. The van der Waals surface area contributed by atoms with Gasteiger partial charge in [-0.05, 0) is 18.2 Å². The lowest BCUT2D eigenvalue weighted by atomic mass is 10.2. The van der Waals surface area contributed by atoms with Crippen LogP contribution in [0.4, 0.5) is 5.69 Å². The third-order valence-electron chi connectivity index (χ3n) is 2.56. The molecule has 19 heavy (non-hydrogen) atoms. The van der Waals surface area contributed by atoms with Gasteiger partial charge in [-0.1, -0.05) is 11.6 Å². The van der Waals surface area contributed by atoms with E-state index in [0.29, 0.717) is 22.9 Å². The predicted molar refractivity (Wildman–Crippen MR) is 78.2 cm³/mol. The van der Waals surface area contributed by atoms with Crippen molar-refractivity contribution in [3.05, 3.63) is 45.1 Å². The van der Waals surface area contributed by atoms with E-state index in [9.17, 15) is 4.79 Å². The Morgan fingerprint density at radius 1 is 1.47 bits per heavy atom. The summed E-state index contributed by atoms with van der Waals surface area (Å²) in [5, 5.41) is 5.56. The zero-order chi connectivity index (χ0) is 13.8. The van der Waals surface area contributed by atoms with Gasteiger partial charge in [0, 0.05) is 28.6 Å². The van der Waals surface area contributed by atoms with E-state index in [1.165, 1.54) is 11.3 Å². The lowest BCUT2D eigenvalue weighted by molar-refractivity contribution is 0.100. The number of halogens is 1. The smallest absolute Gasteiger partial charge is 0.249 e. The Morgan fingerprint density at radius 3 is 2.89 bits per heavy atom. The molecule has 1 aromatic carbocycles. The molecule has 0 bridgehead atoms. The predicted octanol–water partition coefficient (Wildman–Crippen LogP) is 3.12. The Balaban J connectivity index is 2.03. The summed E-state index contributed by atoms with van der Waals surface area (Å²) < 4.78 is 5.14. The summed E-state index contributed by atoms with van der Waals surface area (Å²) in [5.74, 6) is 0.214. The number of amides is 1. The highest BCUT2D eigenvalue weighted by molar-refractivity contribution is 7.10. The van der Waals surface area contributed by atoms with Crippen LogP contribution >= 0.6 is 22.9 Å². The van der Waals surface area contributed by atoms with Gasteiger partial charge in [-0.2, -0.15) is 0 Å². The first-order valence-corrected chi connectivity index (χ1v) is 6.80. The zero-order valence-corrected chi connectivity index (χ0v) is 11.8. The second-order valence-electron chi connectivity index (χ2n) is 3.87. The van der Waals surface area contributed by atoms with Crippen molar-refractivity contribution in [2.45, 2.75) is 6.54 Å². The lowest BCUT2D eigenvalue weighted by Gasteiger charge is -2.08. The second-order valence-corrected chi connectivity index (χ2v) is 5.27. The van der Waals surface area contributed by atoms with Gasteiger partial charge in [0.25, 0.3) is 0 Å². The fourth-order valence-electron chi connectivity index (χ4n) is 1.56. The van der Waals surface area contributed by atoms with Crippen molar-refractivity contribution in [2.75, 3.05) is 12.4 Å². The van der Waals surface area contributed by atoms with Crippen molar-refractivity contribution >= 4 is 34.5 Å². The highest BCUT2D eigenvalue weighted by Gasteiger charge is 2.05. The number of primary amides is 1. The molecule has 1 aromatic heterocycles. The molecule has 2 rings (SSSR count). The summed E-state index contributed by atoms with van der Waals surface area (Å²) in [5.41, 5.74) is 6.64. The molecule has 1 amide bonds. The lowest BCUT2D eigenvalue weighted by Crippen LogP contribution is -2.09. The topological polar surface area (TPSA) is 64.3 Å². The summed E-state index contributed by atoms with van der Waals surface area (Å²) in [6.07, 6.45) is 0. The van der Waals surface area contributed by atoms with Crippen LogP contribution in [0.3, 0.4) is 0 Å². The molecular formula is C13H13ClN2O2S.